The van der Waals surface area contributed by atoms with Crippen molar-refractivity contribution in [3.8, 4) is 0 Å². The maximum absolute atomic E-state index is 12.2. The highest BCUT2D eigenvalue weighted by Crippen LogP contribution is 2.11. The van der Waals surface area contributed by atoms with Crippen LogP contribution in [0.5, 0.6) is 0 Å². The summed E-state index contributed by atoms with van der Waals surface area (Å²) in [6, 6.07) is 9.30. The molecule has 0 spiro atoms. The highest BCUT2D eigenvalue weighted by atomic mass is 127. The normalized spacial score (nSPS) is 15.5. The molecular formula is C19H31IN4O4S. The monoisotopic (exact) mass is 538 g/mol. The highest BCUT2D eigenvalue weighted by molar-refractivity contribution is 14.0. The molecule has 1 saturated heterocycles. The second-order valence-electron chi connectivity index (χ2n) is 6.80. The molecule has 1 fully saturated rings. The first-order valence-electron chi connectivity index (χ1n) is 9.62. The van der Waals surface area contributed by atoms with E-state index in [0.29, 0.717) is 38.6 Å². The zero-order valence-electron chi connectivity index (χ0n) is 16.7. The van der Waals surface area contributed by atoms with E-state index >= 15 is 0 Å². The van der Waals surface area contributed by atoms with Gasteiger partial charge in [-0.2, -0.15) is 0 Å². The summed E-state index contributed by atoms with van der Waals surface area (Å²) in [6.07, 6.45) is 1.68. The first-order chi connectivity index (χ1) is 13.4. The van der Waals surface area contributed by atoms with E-state index < -0.39 is 9.84 Å². The number of guanidine groups is 1. The van der Waals surface area contributed by atoms with Gasteiger partial charge in [0.05, 0.1) is 18.1 Å². The van der Waals surface area contributed by atoms with Crippen LogP contribution < -0.4 is 11.1 Å². The van der Waals surface area contributed by atoms with Crippen molar-refractivity contribution in [1.82, 2.24) is 10.2 Å². The number of sulfone groups is 1. The lowest BCUT2D eigenvalue weighted by Crippen LogP contribution is -2.48. The molecule has 1 heterocycles. The highest BCUT2D eigenvalue weighted by Gasteiger charge is 2.23. The molecule has 164 valence electrons. The summed E-state index contributed by atoms with van der Waals surface area (Å²) in [4.78, 5) is 17.6. The van der Waals surface area contributed by atoms with Crippen LogP contribution in [0.15, 0.2) is 35.3 Å². The van der Waals surface area contributed by atoms with Crippen LogP contribution >= 0.6 is 24.0 Å². The number of benzene rings is 1. The van der Waals surface area contributed by atoms with Gasteiger partial charge in [0.1, 0.15) is 0 Å². The molecule has 2 rings (SSSR count). The van der Waals surface area contributed by atoms with Crippen LogP contribution in [0.2, 0.25) is 0 Å². The van der Waals surface area contributed by atoms with E-state index in [9.17, 15) is 13.2 Å². The second kappa shape index (κ2) is 12.9. The van der Waals surface area contributed by atoms with Crippen molar-refractivity contribution in [3.05, 3.63) is 35.9 Å². The third-order valence-corrected chi connectivity index (χ3v) is 6.18. The summed E-state index contributed by atoms with van der Waals surface area (Å²) < 4.78 is 29.3. The number of halogens is 1. The molecule has 1 aromatic rings. The molecule has 1 aliphatic heterocycles. The van der Waals surface area contributed by atoms with E-state index in [-0.39, 0.29) is 47.6 Å². The van der Waals surface area contributed by atoms with Gasteiger partial charge < -0.3 is 20.7 Å². The molecule has 1 aromatic carbocycles. The molecule has 1 amide bonds. The molecule has 0 aliphatic carbocycles. The topological polar surface area (TPSA) is 114 Å². The van der Waals surface area contributed by atoms with Crippen molar-refractivity contribution in [2.24, 2.45) is 10.7 Å². The van der Waals surface area contributed by atoms with Gasteiger partial charge in [-0.1, -0.05) is 30.3 Å². The Morgan fingerprint density at radius 3 is 2.55 bits per heavy atom. The Morgan fingerprint density at radius 2 is 1.93 bits per heavy atom. The number of nitrogens with one attached hydrogen (secondary N) is 1. The number of hydrogen-bond acceptors (Lipinski definition) is 5. The molecule has 0 bridgehead atoms. The summed E-state index contributed by atoms with van der Waals surface area (Å²) in [7, 11) is -3.16. The zero-order valence-corrected chi connectivity index (χ0v) is 19.9. The van der Waals surface area contributed by atoms with E-state index in [0.717, 1.165) is 18.4 Å². The Bertz CT molecular complexity index is 751. The summed E-state index contributed by atoms with van der Waals surface area (Å²) in [5.74, 6) is 0.441. The minimum Gasteiger partial charge on any atom is -0.450 e. The van der Waals surface area contributed by atoms with Crippen molar-refractivity contribution in [3.63, 3.8) is 0 Å². The lowest BCUT2D eigenvalue weighted by molar-refractivity contribution is 0.0963. The number of nitrogens with two attached hydrogens (primary N) is 1. The fourth-order valence-corrected chi connectivity index (χ4v) is 4.47. The van der Waals surface area contributed by atoms with Gasteiger partial charge in [0.15, 0.2) is 15.8 Å². The van der Waals surface area contributed by atoms with Gasteiger partial charge in [0.25, 0.3) is 0 Å². The number of hydrogen-bond donors (Lipinski definition) is 2. The number of carbonyl (C=O) groups excluding carboxylic acids is 1. The van der Waals surface area contributed by atoms with Crippen LogP contribution in [0.3, 0.4) is 0 Å². The van der Waals surface area contributed by atoms with E-state index in [1.54, 1.807) is 11.8 Å². The smallest absolute Gasteiger partial charge is 0.409 e. The standard InChI is InChI=1S/C19H30N4O4S.HI/c1-2-27-19(24)23-12-9-17(10-13-23)22-18(20)21-11-6-14-28(25,26)15-16-7-4-3-5-8-16;/h3-5,7-8,17H,2,6,9-15H2,1H3,(H3,20,21,22);1H. The quantitative estimate of drug-likeness (QED) is 0.227. The molecule has 0 radical (unpaired) electrons. The maximum atomic E-state index is 12.2. The average Bonchev–Trinajstić information content (AvgIpc) is 2.66. The number of amides is 1. The third-order valence-electron chi connectivity index (χ3n) is 4.50. The minimum absolute atomic E-state index is 0. The Balaban J connectivity index is 0.00000420. The van der Waals surface area contributed by atoms with Crippen LogP contribution in [0, 0.1) is 0 Å². The fourth-order valence-electron chi connectivity index (χ4n) is 3.06. The summed E-state index contributed by atoms with van der Waals surface area (Å²) in [5, 5.41) is 3.15. The zero-order chi connectivity index (χ0) is 20.4. The number of aliphatic imine (C=N–C) groups is 1. The molecular weight excluding hydrogens is 507 g/mol. The van der Waals surface area contributed by atoms with Crippen molar-refractivity contribution >= 4 is 45.9 Å². The number of ether oxygens (including phenoxy) is 1. The predicted octanol–water partition coefficient (Wildman–Crippen LogP) is 2.13. The summed E-state index contributed by atoms with van der Waals surface area (Å²) in [6.45, 7) is 3.74. The lowest BCUT2D eigenvalue weighted by Gasteiger charge is -2.31. The van der Waals surface area contributed by atoms with Crippen LogP contribution in [0.4, 0.5) is 4.79 Å². The van der Waals surface area contributed by atoms with Crippen molar-refractivity contribution in [1.29, 1.82) is 0 Å². The van der Waals surface area contributed by atoms with E-state index in [4.69, 9.17) is 10.5 Å². The predicted molar refractivity (Wildman–Crippen MR) is 125 cm³/mol. The van der Waals surface area contributed by atoms with Gasteiger partial charge in [-0.25, -0.2) is 13.2 Å². The van der Waals surface area contributed by atoms with Gasteiger partial charge in [-0.3, -0.25) is 4.99 Å². The molecule has 0 saturated carbocycles. The maximum Gasteiger partial charge on any atom is 0.409 e. The second-order valence-corrected chi connectivity index (χ2v) is 8.99. The molecule has 0 aromatic heterocycles. The van der Waals surface area contributed by atoms with Crippen LogP contribution in [-0.2, 0) is 20.3 Å². The van der Waals surface area contributed by atoms with E-state index in [2.05, 4.69) is 10.3 Å². The largest absolute Gasteiger partial charge is 0.450 e. The molecule has 10 heteroatoms. The van der Waals surface area contributed by atoms with Gasteiger partial charge in [-0.15, -0.1) is 24.0 Å². The van der Waals surface area contributed by atoms with Gasteiger partial charge in [0, 0.05) is 25.7 Å². The van der Waals surface area contributed by atoms with Gasteiger partial charge in [-0.05, 0) is 31.7 Å². The van der Waals surface area contributed by atoms with Gasteiger partial charge >= 0.3 is 6.09 Å². The van der Waals surface area contributed by atoms with Crippen molar-refractivity contribution < 1.29 is 17.9 Å². The Hall–Kier alpha value is -1.56. The third kappa shape index (κ3) is 9.66. The summed E-state index contributed by atoms with van der Waals surface area (Å²) in [5.41, 5.74) is 6.70. The van der Waals surface area contributed by atoms with Gasteiger partial charge in [0.2, 0.25) is 0 Å². The number of rotatable bonds is 8. The molecule has 29 heavy (non-hydrogen) atoms. The molecule has 0 unspecified atom stereocenters. The minimum atomic E-state index is -3.16. The van der Waals surface area contributed by atoms with Crippen LogP contribution in [-0.4, -0.2) is 63.4 Å². The Kier molecular flexibility index (Phi) is 11.3. The Morgan fingerprint density at radius 1 is 1.28 bits per heavy atom. The fraction of sp³-hybridized carbons (Fsp3) is 0.579. The number of carbonyl (C=O) groups is 1. The van der Waals surface area contributed by atoms with Crippen LogP contribution in [0.1, 0.15) is 31.7 Å². The number of likely N-dealkylation sites (tertiary alicyclic amines) is 1. The molecule has 1 aliphatic rings. The van der Waals surface area contributed by atoms with Crippen molar-refractivity contribution in [2.45, 2.75) is 38.0 Å². The van der Waals surface area contributed by atoms with E-state index in [1.807, 2.05) is 30.3 Å². The molecule has 8 nitrogen and oxygen atoms in total. The van der Waals surface area contributed by atoms with Crippen LogP contribution in [0.25, 0.3) is 0 Å². The van der Waals surface area contributed by atoms with E-state index in [1.165, 1.54) is 0 Å². The lowest BCUT2D eigenvalue weighted by atomic mass is 10.1. The first kappa shape index (κ1) is 25.5. The summed E-state index contributed by atoms with van der Waals surface area (Å²) >= 11 is 0. The number of piperidine rings is 1. The first-order valence-corrected chi connectivity index (χ1v) is 11.4. The number of nitrogens with zero attached hydrogens (tertiary/aromatic N) is 2. The Labute approximate surface area is 190 Å². The molecule has 0 atom stereocenters. The van der Waals surface area contributed by atoms with Crippen molar-refractivity contribution in [2.75, 3.05) is 32.0 Å². The average molecular weight is 538 g/mol. The SMILES string of the molecule is CCOC(=O)N1CCC(NC(N)=NCCCS(=O)(=O)Cc2ccccc2)CC1.I. The molecule has 3 N–H and O–H groups in total.